The first kappa shape index (κ1) is 11.0. The maximum atomic E-state index is 5.57. The quantitative estimate of drug-likeness (QED) is 0.853. The van der Waals surface area contributed by atoms with Crippen LogP contribution in [0.2, 0.25) is 0 Å². The molecule has 0 bridgehead atoms. The van der Waals surface area contributed by atoms with Crippen LogP contribution < -0.4 is 5.32 Å². The maximum absolute atomic E-state index is 5.57. The molecule has 0 aromatic carbocycles. The third-order valence-corrected chi connectivity index (χ3v) is 3.36. The van der Waals surface area contributed by atoms with Crippen LogP contribution in [0.25, 0.3) is 0 Å². The predicted molar refractivity (Wildman–Crippen MR) is 59.8 cm³/mol. The molecule has 5 heteroatoms. The lowest BCUT2D eigenvalue weighted by Gasteiger charge is -2.04. The zero-order valence-electron chi connectivity index (χ0n) is 9.19. The van der Waals surface area contributed by atoms with Crippen molar-refractivity contribution in [2.24, 2.45) is 0 Å². The molecule has 1 fully saturated rings. The van der Waals surface area contributed by atoms with Crippen molar-refractivity contribution in [1.82, 2.24) is 15.5 Å². The summed E-state index contributed by atoms with van der Waals surface area (Å²) < 4.78 is 5.57. The predicted octanol–water partition coefficient (Wildman–Crippen LogP) is 1.89. The molecule has 1 unspecified atom stereocenters. The van der Waals surface area contributed by atoms with Crippen LogP contribution in [-0.2, 0) is 11.3 Å². The van der Waals surface area contributed by atoms with E-state index in [0.717, 1.165) is 36.0 Å². The Bertz CT molecular complexity index is 307. The van der Waals surface area contributed by atoms with Crippen LogP contribution in [0.5, 0.6) is 0 Å². The first-order chi connectivity index (χ1) is 7.25. The van der Waals surface area contributed by atoms with Gasteiger partial charge in [-0.1, -0.05) is 25.2 Å². The highest BCUT2D eigenvalue weighted by atomic mass is 32.1. The lowest BCUT2D eigenvalue weighted by molar-refractivity contribution is 0.111. The van der Waals surface area contributed by atoms with Gasteiger partial charge in [0.05, 0.1) is 0 Å². The molecule has 15 heavy (non-hydrogen) atoms. The number of aromatic nitrogens is 2. The highest BCUT2D eigenvalue weighted by Crippen LogP contribution is 2.30. The lowest BCUT2D eigenvalue weighted by Crippen LogP contribution is -2.21. The Kier molecular flexibility index (Phi) is 3.66. The van der Waals surface area contributed by atoms with Crippen molar-refractivity contribution in [3.8, 4) is 0 Å². The molecule has 1 aliphatic rings. The molecule has 0 saturated carbocycles. The van der Waals surface area contributed by atoms with Crippen LogP contribution >= 0.6 is 11.3 Å². The number of hydrogen-bond donors (Lipinski definition) is 1. The molecule has 1 aromatic heterocycles. The molecule has 0 amide bonds. The molecular weight excluding hydrogens is 210 g/mol. The van der Waals surface area contributed by atoms with Crippen molar-refractivity contribution < 1.29 is 4.74 Å². The topological polar surface area (TPSA) is 47.0 Å². The minimum Gasteiger partial charge on any atom is -0.371 e. The molecular formula is C10H17N3OS. The largest absolute Gasteiger partial charge is 0.371 e. The van der Waals surface area contributed by atoms with E-state index >= 15 is 0 Å². The Morgan fingerprint density at radius 1 is 1.53 bits per heavy atom. The molecule has 1 aliphatic heterocycles. The Morgan fingerprint density at radius 2 is 2.40 bits per heavy atom. The van der Waals surface area contributed by atoms with E-state index in [0.29, 0.717) is 6.04 Å². The van der Waals surface area contributed by atoms with E-state index in [1.807, 2.05) is 0 Å². The highest BCUT2D eigenvalue weighted by molar-refractivity contribution is 7.11. The number of hydrogen-bond acceptors (Lipinski definition) is 5. The summed E-state index contributed by atoms with van der Waals surface area (Å²) in [7, 11) is 0. The average molecular weight is 227 g/mol. The van der Waals surface area contributed by atoms with E-state index in [9.17, 15) is 0 Å². The van der Waals surface area contributed by atoms with Gasteiger partial charge in [-0.05, 0) is 12.8 Å². The van der Waals surface area contributed by atoms with Crippen molar-refractivity contribution >= 4 is 11.3 Å². The van der Waals surface area contributed by atoms with E-state index in [4.69, 9.17) is 4.74 Å². The van der Waals surface area contributed by atoms with Gasteiger partial charge < -0.3 is 10.1 Å². The summed E-state index contributed by atoms with van der Waals surface area (Å²) in [4.78, 5) is 0. The van der Waals surface area contributed by atoms with Crippen molar-refractivity contribution in [1.29, 1.82) is 0 Å². The summed E-state index contributed by atoms with van der Waals surface area (Å²) in [5, 5.41) is 13.8. The first-order valence-corrected chi connectivity index (χ1v) is 6.24. The molecule has 1 atom stereocenters. The lowest BCUT2D eigenvalue weighted by atomic mass is 10.2. The smallest absolute Gasteiger partial charge is 0.146 e. The van der Waals surface area contributed by atoms with Crippen LogP contribution in [0, 0.1) is 0 Å². The second-order valence-corrected chi connectivity index (χ2v) is 5.16. The van der Waals surface area contributed by atoms with Gasteiger partial charge in [-0.25, -0.2) is 0 Å². The van der Waals surface area contributed by atoms with Gasteiger partial charge >= 0.3 is 0 Å². The molecule has 1 aromatic rings. The number of nitrogens with one attached hydrogen (secondary N) is 1. The van der Waals surface area contributed by atoms with Crippen molar-refractivity contribution in [2.45, 2.75) is 45.4 Å². The molecule has 0 spiro atoms. The number of nitrogens with zero attached hydrogens (tertiary/aromatic N) is 2. The van der Waals surface area contributed by atoms with Crippen molar-refractivity contribution in [3.63, 3.8) is 0 Å². The Labute approximate surface area is 94.1 Å². The molecule has 2 heterocycles. The fraction of sp³-hybridized carbons (Fsp3) is 0.800. The molecule has 84 valence electrons. The highest BCUT2D eigenvalue weighted by Gasteiger charge is 2.21. The van der Waals surface area contributed by atoms with E-state index in [-0.39, 0.29) is 6.10 Å². The summed E-state index contributed by atoms with van der Waals surface area (Å²) in [5.41, 5.74) is 0. The van der Waals surface area contributed by atoms with Gasteiger partial charge in [0, 0.05) is 19.2 Å². The Morgan fingerprint density at radius 3 is 3.07 bits per heavy atom. The molecule has 1 saturated heterocycles. The summed E-state index contributed by atoms with van der Waals surface area (Å²) in [5.74, 6) is 0. The van der Waals surface area contributed by atoms with Crippen LogP contribution in [0.3, 0.4) is 0 Å². The van der Waals surface area contributed by atoms with Gasteiger partial charge in [0.1, 0.15) is 16.1 Å². The van der Waals surface area contributed by atoms with Gasteiger partial charge in [0.15, 0.2) is 0 Å². The SMILES string of the molecule is CC(C)NCc1nnc(C2CCCO2)s1. The van der Waals surface area contributed by atoms with Crippen LogP contribution in [0.4, 0.5) is 0 Å². The first-order valence-electron chi connectivity index (χ1n) is 5.43. The van der Waals surface area contributed by atoms with Crippen LogP contribution in [0.1, 0.15) is 42.8 Å². The standard InChI is InChI=1S/C10H17N3OS/c1-7(2)11-6-9-12-13-10(15-9)8-4-3-5-14-8/h7-8,11H,3-6H2,1-2H3. The van der Waals surface area contributed by atoms with Gasteiger partial charge in [-0.2, -0.15) is 0 Å². The van der Waals surface area contributed by atoms with Gasteiger partial charge in [0.2, 0.25) is 0 Å². The van der Waals surface area contributed by atoms with Crippen LogP contribution in [0.15, 0.2) is 0 Å². The van der Waals surface area contributed by atoms with Gasteiger partial charge in [-0.15, -0.1) is 10.2 Å². The summed E-state index contributed by atoms with van der Waals surface area (Å²) in [6.45, 7) is 5.93. The van der Waals surface area contributed by atoms with Crippen LogP contribution in [-0.4, -0.2) is 22.8 Å². The third-order valence-electron chi connectivity index (χ3n) is 2.35. The molecule has 4 nitrogen and oxygen atoms in total. The number of rotatable bonds is 4. The Hall–Kier alpha value is -0.520. The van der Waals surface area contributed by atoms with Gasteiger partial charge in [-0.3, -0.25) is 0 Å². The monoisotopic (exact) mass is 227 g/mol. The molecule has 0 radical (unpaired) electrons. The second kappa shape index (κ2) is 5.01. The zero-order chi connectivity index (χ0) is 10.7. The van der Waals surface area contributed by atoms with Crippen molar-refractivity contribution in [3.05, 3.63) is 10.0 Å². The van der Waals surface area contributed by atoms with Gasteiger partial charge in [0.25, 0.3) is 0 Å². The second-order valence-electron chi connectivity index (χ2n) is 4.07. The number of ether oxygens (including phenoxy) is 1. The Balaban J connectivity index is 1.91. The zero-order valence-corrected chi connectivity index (χ0v) is 10.0. The minimum atomic E-state index is 0.204. The van der Waals surface area contributed by atoms with E-state index in [2.05, 4.69) is 29.4 Å². The minimum absolute atomic E-state index is 0.204. The normalized spacial score (nSPS) is 21.4. The maximum Gasteiger partial charge on any atom is 0.146 e. The van der Waals surface area contributed by atoms with Crippen molar-refractivity contribution in [2.75, 3.05) is 6.61 Å². The van der Waals surface area contributed by atoms with E-state index < -0.39 is 0 Å². The van der Waals surface area contributed by atoms with E-state index in [1.54, 1.807) is 11.3 Å². The third kappa shape index (κ3) is 2.96. The fourth-order valence-electron chi connectivity index (χ4n) is 1.53. The summed E-state index contributed by atoms with van der Waals surface area (Å²) in [6.07, 6.45) is 2.44. The fourth-order valence-corrected chi connectivity index (χ4v) is 2.41. The average Bonchev–Trinajstić information content (AvgIpc) is 2.85. The summed E-state index contributed by atoms with van der Waals surface area (Å²) >= 11 is 1.66. The summed E-state index contributed by atoms with van der Waals surface area (Å²) in [6, 6.07) is 0.486. The molecule has 0 aliphatic carbocycles. The van der Waals surface area contributed by atoms with E-state index in [1.165, 1.54) is 0 Å². The molecule has 2 rings (SSSR count). The molecule has 1 N–H and O–H groups in total.